The lowest BCUT2D eigenvalue weighted by Gasteiger charge is -2.36. The van der Waals surface area contributed by atoms with Gasteiger partial charge in [-0.15, -0.1) is 0 Å². The lowest BCUT2D eigenvalue weighted by Crippen LogP contribution is -2.40. The van der Waals surface area contributed by atoms with E-state index in [9.17, 15) is 4.79 Å². The number of likely N-dealkylation sites (tertiary alicyclic amines) is 1. The van der Waals surface area contributed by atoms with Crippen LogP contribution in [0.15, 0.2) is 30.3 Å². The maximum Gasteiger partial charge on any atom is 0.338 e. The minimum atomic E-state index is -0.203. The fraction of sp³-hybridized carbons (Fsp3) is 0.667. The Bertz CT molecular complexity index is 460. The number of hydrogen-bond donors (Lipinski definition) is 0. The lowest BCUT2D eigenvalue weighted by molar-refractivity contribution is 0.0470. The Hall–Kier alpha value is -1.35. The monoisotopic (exact) mass is 331 g/mol. The second kappa shape index (κ2) is 11.2. The van der Waals surface area contributed by atoms with Crippen LogP contribution in [0.5, 0.6) is 0 Å². The predicted octanol–water partition coefficient (Wildman–Crippen LogP) is 5.06. The Labute approximate surface area is 147 Å². The molecule has 1 saturated heterocycles. The van der Waals surface area contributed by atoms with Crippen LogP contribution >= 0.6 is 0 Å². The Kier molecular flexibility index (Phi) is 8.90. The first kappa shape index (κ1) is 19.0. The van der Waals surface area contributed by atoms with Crippen molar-refractivity contribution in [3.8, 4) is 0 Å². The van der Waals surface area contributed by atoms with Crippen LogP contribution in [0.4, 0.5) is 0 Å². The van der Waals surface area contributed by atoms with Gasteiger partial charge in [0.15, 0.2) is 0 Å². The summed E-state index contributed by atoms with van der Waals surface area (Å²) in [5.41, 5.74) is 0.643. The second-order valence-corrected chi connectivity index (χ2v) is 6.89. The summed E-state index contributed by atoms with van der Waals surface area (Å²) in [4.78, 5) is 14.6. The average molecular weight is 331 g/mol. The van der Waals surface area contributed by atoms with Gasteiger partial charge in [-0.3, -0.25) is 0 Å². The number of unbranched alkanes of at least 4 members (excludes halogenated alkanes) is 3. The first-order valence-electron chi connectivity index (χ1n) is 9.77. The first-order chi connectivity index (χ1) is 11.8. The minimum Gasteiger partial charge on any atom is -0.462 e. The summed E-state index contributed by atoms with van der Waals surface area (Å²) in [5, 5.41) is 0. The summed E-state index contributed by atoms with van der Waals surface area (Å²) < 4.78 is 5.40. The molecule has 0 spiro atoms. The molecule has 0 aromatic heterocycles. The normalized spacial score (nSPS) is 18.5. The lowest BCUT2D eigenvalue weighted by atomic mass is 9.96. The molecule has 1 fully saturated rings. The summed E-state index contributed by atoms with van der Waals surface area (Å²) in [6, 6.07) is 10.0. The van der Waals surface area contributed by atoms with Gasteiger partial charge in [-0.05, 0) is 44.4 Å². The molecule has 134 valence electrons. The Morgan fingerprint density at radius 1 is 1.12 bits per heavy atom. The summed E-state index contributed by atoms with van der Waals surface area (Å²) in [5.74, 6) is -0.203. The fourth-order valence-corrected chi connectivity index (χ4v) is 3.58. The molecule has 3 nitrogen and oxygen atoms in total. The molecule has 1 aromatic carbocycles. The SMILES string of the molecule is CCCCCCC1CCCCN1CCCOC(=O)c1ccccc1. The molecule has 0 saturated carbocycles. The molecule has 2 rings (SSSR count). The van der Waals surface area contributed by atoms with Gasteiger partial charge in [0.2, 0.25) is 0 Å². The fourth-order valence-electron chi connectivity index (χ4n) is 3.58. The molecule has 1 unspecified atom stereocenters. The molecule has 0 bridgehead atoms. The van der Waals surface area contributed by atoms with Crippen molar-refractivity contribution in [1.29, 1.82) is 0 Å². The van der Waals surface area contributed by atoms with Crippen LogP contribution in [0.1, 0.15) is 75.1 Å². The molecule has 1 aliphatic rings. The van der Waals surface area contributed by atoms with Crippen LogP contribution in [0.2, 0.25) is 0 Å². The average Bonchev–Trinajstić information content (AvgIpc) is 2.64. The molecule has 3 heteroatoms. The molecular formula is C21H33NO2. The van der Waals surface area contributed by atoms with Crippen molar-refractivity contribution in [3.63, 3.8) is 0 Å². The number of carbonyl (C=O) groups is 1. The van der Waals surface area contributed by atoms with E-state index in [1.165, 1.54) is 57.9 Å². The first-order valence-corrected chi connectivity index (χ1v) is 9.77. The molecule has 1 aromatic rings. The van der Waals surface area contributed by atoms with Crippen molar-refractivity contribution in [1.82, 2.24) is 4.90 Å². The second-order valence-electron chi connectivity index (χ2n) is 6.89. The third-order valence-corrected chi connectivity index (χ3v) is 4.97. The van der Waals surface area contributed by atoms with Gasteiger partial charge >= 0.3 is 5.97 Å². The van der Waals surface area contributed by atoms with Gasteiger partial charge in [0.25, 0.3) is 0 Å². The summed E-state index contributed by atoms with van der Waals surface area (Å²) in [7, 11) is 0. The number of benzene rings is 1. The van der Waals surface area contributed by atoms with Gasteiger partial charge in [0.1, 0.15) is 0 Å². The van der Waals surface area contributed by atoms with Crippen LogP contribution < -0.4 is 0 Å². The van der Waals surface area contributed by atoms with Gasteiger partial charge in [-0.2, -0.15) is 0 Å². The van der Waals surface area contributed by atoms with Gasteiger partial charge in [0.05, 0.1) is 12.2 Å². The predicted molar refractivity (Wildman–Crippen MR) is 99.3 cm³/mol. The van der Waals surface area contributed by atoms with Gasteiger partial charge in [-0.25, -0.2) is 4.79 Å². The van der Waals surface area contributed by atoms with Gasteiger partial charge < -0.3 is 9.64 Å². The number of ether oxygens (including phenoxy) is 1. The molecule has 0 N–H and O–H groups in total. The molecule has 1 heterocycles. The maximum absolute atomic E-state index is 11.9. The number of nitrogens with zero attached hydrogens (tertiary/aromatic N) is 1. The smallest absolute Gasteiger partial charge is 0.338 e. The van der Waals surface area contributed by atoms with Gasteiger partial charge in [-0.1, -0.05) is 57.2 Å². The van der Waals surface area contributed by atoms with Crippen molar-refractivity contribution >= 4 is 5.97 Å². The van der Waals surface area contributed by atoms with Crippen molar-refractivity contribution in [2.45, 2.75) is 70.8 Å². The largest absolute Gasteiger partial charge is 0.462 e. The molecule has 0 radical (unpaired) electrons. The zero-order valence-electron chi connectivity index (χ0n) is 15.2. The zero-order chi connectivity index (χ0) is 17.0. The van der Waals surface area contributed by atoms with Crippen LogP contribution in [-0.4, -0.2) is 36.6 Å². The summed E-state index contributed by atoms with van der Waals surface area (Å²) in [6.45, 7) is 5.06. The number of piperidine rings is 1. The highest BCUT2D eigenvalue weighted by Crippen LogP contribution is 2.22. The number of esters is 1. The highest BCUT2D eigenvalue weighted by Gasteiger charge is 2.21. The van der Waals surface area contributed by atoms with Crippen LogP contribution in [-0.2, 0) is 4.74 Å². The van der Waals surface area contributed by atoms with E-state index < -0.39 is 0 Å². The van der Waals surface area contributed by atoms with Crippen molar-refractivity contribution < 1.29 is 9.53 Å². The van der Waals surface area contributed by atoms with E-state index in [0.29, 0.717) is 12.2 Å². The van der Waals surface area contributed by atoms with E-state index in [0.717, 1.165) is 19.0 Å². The maximum atomic E-state index is 11.9. The van der Waals surface area contributed by atoms with E-state index in [4.69, 9.17) is 4.74 Å². The standard InChI is InChI=1S/C21H33NO2/c1-2-3-4-8-14-20-15-9-10-16-22(20)17-11-18-24-21(23)19-12-6-5-7-13-19/h5-7,12-13,20H,2-4,8-11,14-18H2,1H3. The molecule has 0 amide bonds. The van der Waals surface area contributed by atoms with E-state index in [1.54, 1.807) is 12.1 Å². The van der Waals surface area contributed by atoms with Crippen molar-refractivity contribution in [2.75, 3.05) is 19.7 Å². The highest BCUT2D eigenvalue weighted by molar-refractivity contribution is 5.89. The summed E-state index contributed by atoms with van der Waals surface area (Å²) >= 11 is 0. The molecule has 0 aliphatic carbocycles. The Morgan fingerprint density at radius 2 is 1.96 bits per heavy atom. The Balaban J connectivity index is 1.64. The molecule has 1 atom stereocenters. The van der Waals surface area contributed by atoms with Crippen LogP contribution in [0.25, 0.3) is 0 Å². The molecule has 1 aliphatic heterocycles. The zero-order valence-corrected chi connectivity index (χ0v) is 15.2. The molecule has 24 heavy (non-hydrogen) atoms. The van der Waals surface area contributed by atoms with E-state index >= 15 is 0 Å². The third kappa shape index (κ3) is 6.64. The van der Waals surface area contributed by atoms with Crippen molar-refractivity contribution in [3.05, 3.63) is 35.9 Å². The van der Waals surface area contributed by atoms with E-state index in [2.05, 4.69) is 11.8 Å². The topological polar surface area (TPSA) is 29.5 Å². The molecular weight excluding hydrogens is 298 g/mol. The number of rotatable bonds is 10. The van der Waals surface area contributed by atoms with Crippen molar-refractivity contribution in [2.24, 2.45) is 0 Å². The van der Waals surface area contributed by atoms with Gasteiger partial charge in [0, 0.05) is 12.6 Å². The number of hydrogen-bond acceptors (Lipinski definition) is 3. The van der Waals surface area contributed by atoms with Crippen LogP contribution in [0, 0.1) is 0 Å². The third-order valence-electron chi connectivity index (χ3n) is 4.97. The highest BCUT2D eigenvalue weighted by atomic mass is 16.5. The Morgan fingerprint density at radius 3 is 2.75 bits per heavy atom. The number of carbonyl (C=O) groups excluding carboxylic acids is 1. The summed E-state index contributed by atoms with van der Waals surface area (Å²) in [6.07, 6.45) is 11.7. The van der Waals surface area contributed by atoms with E-state index in [-0.39, 0.29) is 5.97 Å². The van der Waals surface area contributed by atoms with Crippen LogP contribution in [0.3, 0.4) is 0 Å². The quantitative estimate of drug-likeness (QED) is 0.443. The minimum absolute atomic E-state index is 0.203. The van der Waals surface area contributed by atoms with E-state index in [1.807, 2.05) is 18.2 Å².